The number of rotatable bonds is 6. The number of benzene rings is 1. The van der Waals surface area contributed by atoms with E-state index >= 15 is 0 Å². The first-order valence-corrected chi connectivity index (χ1v) is 11.8. The van der Waals surface area contributed by atoms with Gasteiger partial charge in [-0.1, -0.05) is 0 Å². The molecule has 1 aliphatic carbocycles. The highest BCUT2D eigenvalue weighted by Gasteiger charge is 2.25. The number of piperazine rings is 1. The van der Waals surface area contributed by atoms with Crippen LogP contribution in [-0.2, 0) is 4.79 Å². The van der Waals surface area contributed by atoms with Gasteiger partial charge in [0.05, 0.1) is 6.20 Å². The van der Waals surface area contributed by atoms with Gasteiger partial charge in [0.1, 0.15) is 17.3 Å². The molecule has 180 valence electrons. The van der Waals surface area contributed by atoms with E-state index in [0.29, 0.717) is 23.1 Å². The van der Waals surface area contributed by atoms with Gasteiger partial charge in [-0.3, -0.25) is 10.1 Å². The fraction of sp³-hybridized carbons (Fsp3) is 0.333. The number of nitrogens with zero attached hydrogens (tertiary/aromatic N) is 5. The zero-order chi connectivity index (χ0) is 23.9. The van der Waals surface area contributed by atoms with Crippen molar-refractivity contribution in [1.82, 2.24) is 30.1 Å². The van der Waals surface area contributed by atoms with Crippen LogP contribution in [0.15, 0.2) is 42.2 Å². The molecule has 11 nitrogen and oxygen atoms in total. The lowest BCUT2D eigenvalue weighted by Gasteiger charge is -2.34. The summed E-state index contributed by atoms with van der Waals surface area (Å²) in [5.41, 5.74) is 3.52. The van der Waals surface area contributed by atoms with Gasteiger partial charge < -0.3 is 25.8 Å². The van der Waals surface area contributed by atoms with Crippen molar-refractivity contribution in [3.8, 4) is 0 Å². The Morgan fingerprint density at radius 3 is 2.51 bits per heavy atom. The van der Waals surface area contributed by atoms with Gasteiger partial charge in [-0.2, -0.15) is 9.61 Å². The second-order valence-electron chi connectivity index (χ2n) is 9.21. The van der Waals surface area contributed by atoms with Gasteiger partial charge in [0.2, 0.25) is 0 Å². The Balaban J connectivity index is 1.29. The minimum atomic E-state index is -0.538. The highest BCUT2D eigenvalue weighted by molar-refractivity contribution is 6.14. The van der Waals surface area contributed by atoms with Gasteiger partial charge in [-0.25, -0.2) is 9.78 Å². The lowest BCUT2D eigenvalue weighted by atomic mass is 10.2. The molecule has 2 aliphatic heterocycles. The van der Waals surface area contributed by atoms with Crippen LogP contribution in [0.3, 0.4) is 0 Å². The zero-order valence-electron chi connectivity index (χ0n) is 19.4. The number of carbonyl (C=O) groups is 2. The number of nitrogens with one attached hydrogen (secondary N) is 4. The number of amides is 3. The second-order valence-corrected chi connectivity index (χ2v) is 9.21. The van der Waals surface area contributed by atoms with Crippen molar-refractivity contribution >= 4 is 46.7 Å². The van der Waals surface area contributed by atoms with E-state index in [1.165, 1.54) is 5.69 Å². The Kier molecular flexibility index (Phi) is 5.25. The number of carbonyl (C=O) groups excluding carboxylic acids is 2. The number of hydrogen-bond acceptors (Lipinski definition) is 8. The fourth-order valence-corrected chi connectivity index (χ4v) is 4.29. The number of hydrogen-bond donors (Lipinski definition) is 4. The van der Waals surface area contributed by atoms with Gasteiger partial charge in [-0.05, 0) is 50.2 Å². The molecule has 3 aromatic rings. The zero-order valence-corrected chi connectivity index (χ0v) is 19.4. The van der Waals surface area contributed by atoms with Crippen LogP contribution >= 0.6 is 0 Å². The average molecular weight is 474 g/mol. The summed E-state index contributed by atoms with van der Waals surface area (Å²) < 4.78 is 1.72. The van der Waals surface area contributed by atoms with Crippen molar-refractivity contribution in [3.63, 3.8) is 0 Å². The third-order valence-electron chi connectivity index (χ3n) is 6.46. The summed E-state index contributed by atoms with van der Waals surface area (Å²) >= 11 is 0. The van der Waals surface area contributed by atoms with E-state index in [1.54, 1.807) is 16.8 Å². The maximum Gasteiger partial charge on any atom is 0.326 e. The minimum Gasteiger partial charge on any atom is -0.369 e. The van der Waals surface area contributed by atoms with Crippen LogP contribution in [0.2, 0.25) is 0 Å². The number of aromatic nitrogens is 3. The summed E-state index contributed by atoms with van der Waals surface area (Å²) in [6.45, 7) is 4.18. The molecule has 3 fully saturated rings. The smallest absolute Gasteiger partial charge is 0.326 e. The number of imide groups is 1. The van der Waals surface area contributed by atoms with Crippen molar-refractivity contribution in [2.45, 2.75) is 18.9 Å². The van der Waals surface area contributed by atoms with Gasteiger partial charge in [-0.15, -0.1) is 0 Å². The van der Waals surface area contributed by atoms with Crippen LogP contribution in [0.5, 0.6) is 0 Å². The first-order chi connectivity index (χ1) is 17.0. The standard InChI is InChI=1S/C24H27N9O2/c1-31-8-10-32(11-9-31)18-6-4-16(5-7-18)26-20-13-21(27-17-2-3-17)33-22(29-20)15(14-25-33)12-19-23(34)30-24(35)28-19/h4-7,12-14,17,27H,2-3,8-11H2,1H3,(H,26,29)(H2,28,30,34,35)/b19-12-. The van der Waals surface area contributed by atoms with Crippen LogP contribution in [0, 0.1) is 0 Å². The fourth-order valence-electron chi connectivity index (χ4n) is 4.29. The summed E-state index contributed by atoms with van der Waals surface area (Å²) in [5.74, 6) is 1.01. The Bertz CT molecular complexity index is 1320. The number of likely N-dealkylation sites (N-methyl/N-ethyl adjacent to an activating group) is 1. The lowest BCUT2D eigenvalue weighted by molar-refractivity contribution is -0.115. The number of urea groups is 1. The van der Waals surface area contributed by atoms with Gasteiger partial charge >= 0.3 is 6.03 Å². The molecular formula is C24H27N9O2. The monoisotopic (exact) mass is 473 g/mol. The van der Waals surface area contributed by atoms with Crippen molar-refractivity contribution in [2.24, 2.45) is 0 Å². The van der Waals surface area contributed by atoms with E-state index in [0.717, 1.165) is 50.5 Å². The van der Waals surface area contributed by atoms with Gasteiger partial charge in [0.15, 0.2) is 5.65 Å². The van der Waals surface area contributed by atoms with E-state index in [1.807, 2.05) is 6.07 Å². The summed E-state index contributed by atoms with van der Waals surface area (Å²) in [4.78, 5) is 33.0. The lowest BCUT2D eigenvalue weighted by Crippen LogP contribution is -2.44. The number of anilines is 4. The summed E-state index contributed by atoms with van der Waals surface area (Å²) in [6, 6.07) is 10.2. The van der Waals surface area contributed by atoms with Crippen molar-refractivity contribution in [1.29, 1.82) is 0 Å². The largest absolute Gasteiger partial charge is 0.369 e. The predicted molar refractivity (Wildman–Crippen MR) is 134 cm³/mol. The van der Waals surface area contributed by atoms with Crippen molar-refractivity contribution in [3.05, 3.63) is 47.8 Å². The van der Waals surface area contributed by atoms with E-state index in [4.69, 9.17) is 4.98 Å². The molecule has 2 saturated heterocycles. The molecule has 1 saturated carbocycles. The van der Waals surface area contributed by atoms with E-state index in [-0.39, 0.29) is 5.70 Å². The summed E-state index contributed by atoms with van der Waals surface area (Å²) in [7, 11) is 2.15. The molecule has 35 heavy (non-hydrogen) atoms. The molecule has 6 rings (SSSR count). The van der Waals surface area contributed by atoms with Crippen LogP contribution in [-0.4, -0.2) is 70.7 Å². The minimum absolute atomic E-state index is 0.168. The average Bonchev–Trinajstić information content (AvgIpc) is 3.48. The van der Waals surface area contributed by atoms with E-state index < -0.39 is 11.9 Å². The third-order valence-corrected chi connectivity index (χ3v) is 6.46. The first-order valence-electron chi connectivity index (χ1n) is 11.8. The Morgan fingerprint density at radius 2 is 1.83 bits per heavy atom. The Morgan fingerprint density at radius 1 is 1.06 bits per heavy atom. The molecular weight excluding hydrogens is 446 g/mol. The topological polar surface area (TPSA) is 119 Å². The van der Waals surface area contributed by atoms with Crippen LogP contribution < -0.4 is 26.2 Å². The molecule has 2 aromatic heterocycles. The summed E-state index contributed by atoms with van der Waals surface area (Å²) in [5, 5.41) is 16.1. The maximum absolute atomic E-state index is 12.0. The molecule has 0 unspecified atom stereocenters. The normalized spacial score (nSPS) is 19.8. The Labute approximate surface area is 202 Å². The molecule has 3 aliphatic rings. The van der Waals surface area contributed by atoms with Crippen molar-refractivity contribution < 1.29 is 9.59 Å². The molecule has 1 aromatic carbocycles. The summed E-state index contributed by atoms with van der Waals surface area (Å²) in [6.07, 6.45) is 5.46. The highest BCUT2D eigenvalue weighted by Crippen LogP contribution is 2.29. The first kappa shape index (κ1) is 21.4. The molecule has 0 spiro atoms. The van der Waals surface area contributed by atoms with Crippen LogP contribution in [0.4, 0.5) is 27.8 Å². The molecule has 4 heterocycles. The van der Waals surface area contributed by atoms with Crippen LogP contribution in [0.25, 0.3) is 11.7 Å². The SMILES string of the molecule is CN1CCN(c2ccc(Nc3cc(NC4CC4)n4ncc(/C=C5\NC(=O)NC5=O)c4n3)cc2)CC1. The van der Waals surface area contributed by atoms with Gasteiger partial charge in [0.25, 0.3) is 5.91 Å². The molecule has 4 N–H and O–H groups in total. The Hall–Kier alpha value is -4.12. The molecule has 0 radical (unpaired) electrons. The molecule has 0 bridgehead atoms. The second kappa shape index (κ2) is 8.58. The van der Waals surface area contributed by atoms with Crippen molar-refractivity contribution in [2.75, 3.05) is 48.8 Å². The quantitative estimate of drug-likeness (QED) is 0.317. The third kappa shape index (κ3) is 4.50. The molecule has 3 amide bonds. The number of fused-ring (bicyclic) bond motifs is 1. The van der Waals surface area contributed by atoms with Crippen LogP contribution in [0.1, 0.15) is 18.4 Å². The molecule has 11 heteroatoms. The van der Waals surface area contributed by atoms with E-state index in [2.05, 4.69) is 67.5 Å². The molecule has 0 atom stereocenters. The predicted octanol–water partition coefficient (Wildman–Crippen LogP) is 1.98. The van der Waals surface area contributed by atoms with Gasteiger partial charge in [0, 0.05) is 55.2 Å². The highest BCUT2D eigenvalue weighted by atomic mass is 16.2. The maximum atomic E-state index is 12.0. The van der Waals surface area contributed by atoms with E-state index in [9.17, 15) is 9.59 Å².